The molecule has 0 fully saturated rings. The molecular formula is C24H54NiOP2. The van der Waals surface area contributed by atoms with Gasteiger partial charge in [0.05, 0.1) is 16.5 Å². The van der Waals surface area contributed by atoms with Crippen LogP contribution in [0.3, 0.4) is 0 Å². The molecule has 28 heavy (non-hydrogen) atoms. The smallest absolute Gasteiger partial charge is 0.107 e. The third kappa shape index (κ3) is 9.63. The predicted molar refractivity (Wildman–Crippen MR) is 135 cm³/mol. The van der Waals surface area contributed by atoms with Crippen LogP contribution < -0.4 is 0 Å². The van der Waals surface area contributed by atoms with E-state index in [0.717, 1.165) is 12.3 Å². The summed E-state index contributed by atoms with van der Waals surface area (Å²) in [7, 11) is -1.12. The molecule has 1 nitrogen and oxygen atoms in total. The predicted octanol–water partition coefficient (Wildman–Crippen LogP) is 8.10. The molecule has 0 aliphatic carbocycles. The Morgan fingerprint density at radius 3 is 1.11 bits per heavy atom. The molecule has 176 valence electrons. The fourth-order valence-corrected chi connectivity index (χ4v) is 13.1. The summed E-state index contributed by atoms with van der Waals surface area (Å²) in [4.78, 5) is 0. The third-order valence-corrected chi connectivity index (χ3v) is 14.4. The van der Waals surface area contributed by atoms with Crippen LogP contribution in [-0.2, 0) is 16.5 Å². The Morgan fingerprint density at radius 1 is 0.643 bits per heavy atom. The molecule has 0 aliphatic heterocycles. The van der Waals surface area contributed by atoms with E-state index in [1.807, 2.05) is 0 Å². The molecule has 0 bridgehead atoms. The SMILES string of the molecule is CC(C)(C)P(C[C@](O)(C[PH+](C(C)(C)C)C(C)(C)C)C(C)(C)C)C(C)(C)C.[CH3-].[Ni]. The van der Waals surface area contributed by atoms with Crippen LogP contribution in [0.15, 0.2) is 0 Å². The van der Waals surface area contributed by atoms with E-state index < -0.39 is 13.5 Å². The summed E-state index contributed by atoms with van der Waals surface area (Å²) in [5, 5.41) is 13.2. The van der Waals surface area contributed by atoms with Gasteiger partial charge >= 0.3 is 0 Å². The van der Waals surface area contributed by atoms with Crippen molar-refractivity contribution in [1.29, 1.82) is 0 Å². The molecule has 0 aromatic heterocycles. The van der Waals surface area contributed by atoms with Crippen molar-refractivity contribution in [1.82, 2.24) is 0 Å². The van der Waals surface area contributed by atoms with Crippen molar-refractivity contribution in [3.8, 4) is 0 Å². The number of aliphatic hydroxyl groups is 1. The monoisotopic (exact) mass is 478 g/mol. The maximum absolute atomic E-state index is 12.2. The van der Waals surface area contributed by atoms with Crippen LogP contribution in [-0.4, -0.2) is 43.7 Å². The maximum atomic E-state index is 12.2. The van der Waals surface area contributed by atoms with E-state index >= 15 is 0 Å². The number of rotatable bonds is 4. The van der Waals surface area contributed by atoms with Crippen molar-refractivity contribution in [3.63, 3.8) is 0 Å². The molecular weight excluding hydrogens is 425 g/mol. The van der Waals surface area contributed by atoms with E-state index in [0.29, 0.717) is 0 Å². The van der Waals surface area contributed by atoms with Crippen molar-refractivity contribution in [2.45, 2.75) is 130 Å². The van der Waals surface area contributed by atoms with Crippen LogP contribution >= 0.6 is 15.8 Å². The maximum Gasteiger partial charge on any atom is 0.107 e. The van der Waals surface area contributed by atoms with Crippen LogP contribution in [0.4, 0.5) is 0 Å². The molecule has 0 unspecified atom stereocenters. The van der Waals surface area contributed by atoms with Gasteiger partial charge in [-0.3, -0.25) is 0 Å². The van der Waals surface area contributed by atoms with Crippen LogP contribution in [0, 0.1) is 12.8 Å². The van der Waals surface area contributed by atoms with Gasteiger partial charge in [-0.1, -0.05) is 70.2 Å². The first-order valence-corrected chi connectivity index (χ1v) is 13.5. The largest absolute Gasteiger partial charge is 0.385 e. The van der Waals surface area contributed by atoms with Crippen LogP contribution in [0.2, 0.25) is 0 Å². The van der Waals surface area contributed by atoms with Gasteiger partial charge in [-0.05, 0) is 57.3 Å². The Morgan fingerprint density at radius 2 is 0.929 bits per heavy atom. The third-order valence-electron chi connectivity index (χ3n) is 5.72. The molecule has 0 saturated heterocycles. The van der Waals surface area contributed by atoms with Crippen molar-refractivity contribution in [2.75, 3.05) is 12.3 Å². The van der Waals surface area contributed by atoms with Gasteiger partial charge in [0.1, 0.15) is 5.60 Å². The second-order valence-electron chi connectivity index (χ2n) is 13.4. The van der Waals surface area contributed by atoms with Crippen LogP contribution in [0.1, 0.15) is 104 Å². The van der Waals surface area contributed by atoms with Crippen molar-refractivity contribution >= 4 is 15.8 Å². The van der Waals surface area contributed by atoms with Gasteiger partial charge in [0.25, 0.3) is 0 Å². The number of hydrogen-bond acceptors (Lipinski definition) is 1. The van der Waals surface area contributed by atoms with Gasteiger partial charge in [0, 0.05) is 30.6 Å². The Kier molecular flexibility index (Phi) is 12.5. The molecule has 0 aromatic carbocycles. The van der Waals surface area contributed by atoms with E-state index in [1.165, 1.54) is 0 Å². The summed E-state index contributed by atoms with van der Waals surface area (Å²) in [6.45, 7) is 35.2. The first-order chi connectivity index (χ1) is 10.9. The standard InChI is InChI=1S/C23H50OP2.CH3.Ni/c1-18(2,3)23(24,16-25(19(4,5)6)20(7,8)9)17-26(21(10,11)12)22(13,14)15;;/h24H,16-17H2,1-15H3;1H3;/q;-1;/p+1. The average Bonchev–Trinajstić information content (AvgIpc) is 2.25. The summed E-state index contributed by atoms with van der Waals surface area (Å²) in [5.41, 5.74) is -0.732. The molecule has 0 radical (unpaired) electrons. The van der Waals surface area contributed by atoms with Gasteiger partial charge in [-0.15, -0.1) is 0 Å². The van der Waals surface area contributed by atoms with E-state index in [-0.39, 0.29) is 57.9 Å². The second-order valence-corrected chi connectivity index (χ2v) is 21.5. The molecule has 1 atom stereocenters. The fourth-order valence-electron chi connectivity index (χ4n) is 4.25. The Labute approximate surface area is 192 Å². The minimum absolute atomic E-state index is 0. The summed E-state index contributed by atoms with van der Waals surface area (Å²) in [6.07, 6.45) is 1.92. The van der Waals surface area contributed by atoms with Gasteiger partial charge in [-0.25, -0.2) is 0 Å². The molecule has 0 heterocycles. The zero-order valence-corrected chi connectivity index (χ0v) is 25.0. The minimum Gasteiger partial charge on any atom is -0.385 e. The Balaban J connectivity index is -0.00000312. The molecule has 0 rings (SSSR count). The van der Waals surface area contributed by atoms with E-state index in [2.05, 4.69) is 104 Å². The minimum atomic E-state index is -0.789. The van der Waals surface area contributed by atoms with Gasteiger partial charge in [0.2, 0.25) is 0 Å². The van der Waals surface area contributed by atoms with Gasteiger partial charge in [-0.2, -0.15) is 0 Å². The topological polar surface area (TPSA) is 20.2 Å². The average molecular weight is 479 g/mol. The quantitative estimate of drug-likeness (QED) is 0.245. The first-order valence-electron chi connectivity index (χ1n) is 10.3. The Hall–Kier alpha value is 1.31. The Bertz CT molecular complexity index is 391. The molecule has 0 saturated carbocycles. The molecule has 0 aromatic rings. The van der Waals surface area contributed by atoms with Crippen molar-refractivity contribution < 1.29 is 21.6 Å². The molecule has 0 amide bonds. The first kappa shape index (κ1) is 33.9. The van der Waals surface area contributed by atoms with Gasteiger partial charge in [0.15, 0.2) is 0 Å². The van der Waals surface area contributed by atoms with E-state index in [4.69, 9.17) is 0 Å². The molecule has 0 aliphatic rings. The molecule has 1 N–H and O–H groups in total. The normalized spacial score (nSPS) is 16.5. The molecule has 0 spiro atoms. The summed E-state index contributed by atoms with van der Waals surface area (Å²) in [5.74, 6) is 0. The number of hydrogen-bond donors (Lipinski definition) is 1. The summed E-state index contributed by atoms with van der Waals surface area (Å²) in [6, 6.07) is 0. The van der Waals surface area contributed by atoms with E-state index in [9.17, 15) is 5.11 Å². The van der Waals surface area contributed by atoms with Crippen molar-refractivity contribution in [3.05, 3.63) is 7.43 Å². The van der Waals surface area contributed by atoms with Gasteiger partial charge < -0.3 is 12.5 Å². The zero-order valence-electron chi connectivity index (χ0n) is 22.1. The van der Waals surface area contributed by atoms with Crippen molar-refractivity contribution in [2.24, 2.45) is 5.41 Å². The van der Waals surface area contributed by atoms with Crippen LogP contribution in [0.5, 0.6) is 0 Å². The summed E-state index contributed by atoms with van der Waals surface area (Å²) < 4.78 is 0. The zero-order chi connectivity index (χ0) is 21.6. The summed E-state index contributed by atoms with van der Waals surface area (Å²) >= 11 is 0. The van der Waals surface area contributed by atoms with Crippen LogP contribution in [0.25, 0.3) is 0 Å². The fraction of sp³-hybridized carbons (Fsp3) is 0.958. The molecule has 4 heteroatoms. The second kappa shape index (κ2) is 10.3. The van der Waals surface area contributed by atoms with E-state index in [1.54, 1.807) is 0 Å².